The van der Waals surface area contributed by atoms with E-state index < -0.39 is 17.6 Å². The second-order valence-corrected chi connectivity index (χ2v) is 9.35. The first kappa shape index (κ1) is 19.7. The number of carbonyl (C=O) groups excluding carboxylic acids is 2. The monoisotopic (exact) mass is 366 g/mol. The molecule has 0 aromatic carbocycles. The number of rotatable bonds is 8. The molecule has 0 saturated carbocycles. The fourth-order valence-corrected chi connectivity index (χ4v) is 5.42. The molecule has 5 nitrogen and oxygen atoms in total. The summed E-state index contributed by atoms with van der Waals surface area (Å²) in [6.45, 7) is 12.9. The lowest BCUT2D eigenvalue weighted by Crippen LogP contribution is -2.49. The van der Waals surface area contributed by atoms with E-state index in [4.69, 9.17) is 14.2 Å². The summed E-state index contributed by atoms with van der Waals surface area (Å²) in [7, 11) is 0. The molecule has 5 heteroatoms. The van der Waals surface area contributed by atoms with E-state index in [1.54, 1.807) is 0 Å². The van der Waals surface area contributed by atoms with Gasteiger partial charge in [0.15, 0.2) is 12.2 Å². The predicted octanol–water partition coefficient (Wildman–Crippen LogP) is 3.88. The zero-order valence-electron chi connectivity index (χ0n) is 17.0. The topological polar surface area (TPSA) is 61.8 Å². The van der Waals surface area contributed by atoms with E-state index in [9.17, 15) is 9.59 Å². The Morgan fingerprint density at radius 3 is 2.54 bits per heavy atom. The molecule has 0 radical (unpaired) electrons. The zero-order valence-corrected chi connectivity index (χ0v) is 17.0. The van der Waals surface area contributed by atoms with E-state index in [-0.39, 0.29) is 35.5 Å². The SMILES string of the molecule is CCCC(C)(CC)C(C)(CC(C)C)C(=O)OC1C2OC(=O)C3C[C@H]1OC32. The summed E-state index contributed by atoms with van der Waals surface area (Å²) in [5.74, 6) is -0.136. The predicted molar refractivity (Wildman–Crippen MR) is 97.4 cm³/mol. The summed E-state index contributed by atoms with van der Waals surface area (Å²) >= 11 is 0. The van der Waals surface area contributed by atoms with Crippen molar-refractivity contribution in [1.82, 2.24) is 0 Å². The Labute approximate surface area is 157 Å². The number of hydrogen-bond acceptors (Lipinski definition) is 5. The molecule has 0 amide bonds. The third-order valence-electron chi connectivity index (χ3n) is 7.21. The minimum Gasteiger partial charge on any atom is -0.455 e. The van der Waals surface area contributed by atoms with Crippen LogP contribution >= 0.6 is 0 Å². The molecule has 7 atom stereocenters. The van der Waals surface area contributed by atoms with Crippen LogP contribution in [-0.2, 0) is 23.8 Å². The summed E-state index contributed by atoms with van der Waals surface area (Å²) in [6.07, 6.45) is 3.03. The Morgan fingerprint density at radius 1 is 1.27 bits per heavy atom. The van der Waals surface area contributed by atoms with Crippen LogP contribution in [0.3, 0.4) is 0 Å². The zero-order chi connectivity index (χ0) is 19.3. The highest BCUT2D eigenvalue weighted by atomic mass is 16.7. The van der Waals surface area contributed by atoms with Crippen molar-refractivity contribution in [3.8, 4) is 0 Å². The van der Waals surface area contributed by atoms with Crippen molar-refractivity contribution in [2.45, 2.75) is 98.1 Å². The van der Waals surface area contributed by atoms with Crippen molar-refractivity contribution >= 4 is 11.9 Å². The van der Waals surface area contributed by atoms with Crippen molar-refractivity contribution in [1.29, 1.82) is 0 Å². The lowest BCUT2D eigenvalue weighted by atomic mass is 9.59. The summed E-state index contributed by atoms with van der Waals surface area (Å²) < 4.78 is 17.4. The first-order chi connectivity index (χ1) is 12.2. The van der Waals surface area contributed by atoms with Crippen molar-refractivity contribution in [2.24, 2.45) is 22.7 Å². The quantitative estimate of drug-likeness (QED) is 0.610. The molecule has 26 heavy (non-hydrogen) atoms. The molecule has 6 unspecified atom stereocenters. The number of hydrogen-bond donors (Lipinski definition) is 0. The molecular formula is C21H34O5. The molecule has 3 heterocycles. The molecule has 3 aliphatic rings. The van der Waals surface area contributed by atoms with Crippen molar-refractivity contribution in [2.75, 3.05) is 0 Å². The molecule has 0 spiro atoms. The van der Waals surface area contributed by atoms with Gasteiger partial charge in [0, 0.05) is 0 Å². The Morgan fingerprint density at radius 2 is 1.96 bits per heavy atom. The van der Waals surface area contributed by atoms with E-state index in [0.717, 1.165) is 25.7 Å². The molecular weight excluding hydrogens is 332 g/mol. The van der Waals surface area contributed by atoms with Gasteiger partial charge in [0.2, 0.25) is 0 Å². The van der Waals surface area contributed by atoms with Gasteiger partial charge in [-0.1, -0.05) is 41.0 Å². The highest BCUT2D eigenvalue weighted by molar-refractivity contribution is 5.79. The second kappa shape index (κ2) is 6.81. The lowest BCUT2D eigenvalue weighted by molar-refractivity contribution is -0.179. The minimum absolute atomic E-state index is 0.129. The third kappa shape index (κ3) is 2.87. The van der Waals surface area contributed by atoms with Gasteiger partial charge < -0.3 is 14.2 Å². The van der Waals surface area contributed by atoms with Crippen molar-refractivity contribution < 1.29 is 23.8 Å². The van der Waals surface area contributed by atoms with Crippen LogP contribution in [0, 0.1) is 22.7 Å². The van der Waals surface area contributed by atoms with Gasteiger partial charge in [0.1, 0.15) is 6.10 Å². The Kier molecular flexibility index (Phi) is 5.15. The fraction of sp³-hybridized carbons (Fsp3) is 0.905. The Bertz CT molecular complexity index is 573. The van der Waals surface area contributed by atoms with Crippen LogP contribution in [0.15, 0.2) is 0 Å². The average Bonchev–Trinajstić information content (AvgIpc) is 3.19. The van der Waals surface area contributed by atoms with Gasteiger partial charge in [-0.2, -0.15) is 0 Å². The molecule has 0 aromatic heterocycles. The average molecular weight is 366 g/mol. The van der Waals surface area contributed by atoms with Crippen LogP contribution in [0.5, 0.6) is 0 Å². The number of carbonyl (C=O) groups is 2. The molecule has 3 fully saturated rings. The fourth-order valence-electron chi connectivity index (χ4n) is 5.42. The van der Waals surface area contributed by atoms with Crippen LogP contribution in [0.4, 0.5) is 0 Å². The van der Waals surface area contributed by atoms with Crippen LogP contribution in [0.2, 0.25) is 0 Å². The maximum atomic E-state index is 13.5. The molecule has 0 aromatic rings. The van der Waals surface area contributed by atoms with Gasteiger partial charge in [-0.15, -0.1) is 0 Å². The van der Waals surface area contributed by atoms with Gasteiger partial charge in [0.25, 0.3) is 0 Å². The highest BCUT2D eigenvalue weighted by Gasteiger charge is 2.65. The standard InChI is InChI=1S/C21H34O5/c1-7-9-20(5,8-2)21(6,11-12(3)4)19(23)26-16-14-10-13-15(24-14)17(16)25-18(13)22/h12-17H,7-11H2,1-6H3/t13?,14-,15?,16?,17?,20?,21?/m1/s1. The van der Waals surface area contributed by atoms with E-state index in [1.807, 2.05) is 0 Å². The summed E-state index contributed by atoms with van der Waals surface area (Å²) in [5, 5.41) is 0. The Balaban J connectivity index is 1.81. The second-order valence-electron chi connectivity index (χ2n) is 9.35. The van der Waals surface area contributed by atoms with Gasteiger partial charge in [0.05, 0.1) is 17.4 Å². The smallest absolute Gasteiger partial charge is 0.312 e. The summed E-state index contributed by atoms with van der Waals surface area (Å²) in [5.41, 5.74) is -0.702. The van der Waals surface area contributed by atoms with E-state index in [1.165, 1.54) is 0 Å². The summed E-state index contributed by atoms with van der Waals surface area (Å²) in [6, 6.07) is 0. The van der Waals surface area contributed by atoms with E-state index >= 15 is 0 Å². The molecule has 3 aliphatic heterocycles. The number of esters is 2. The molecule has 0 N–H and O–H groups in total. The van der Waals surface area contributed by atoms with Gasteiger partial charge in [-0.3, -0.25) is 9.59 Å². The van der Waals surface area contributed by atoms with Crippen molar-refractivity contribution in [3.63, 3.8) is 0 Å². The van der Waals surface area contributed by atoms with Crippen molar-refractivity contribution in [3.05, 3.63) is 0 Å². The highest BCUT2D eigenvalue weighted by Crippen LogP contribution is 2.52. The van der Waals surface area contributed by atoms with E-state index in [2.05, 4.69) is 41.5 Å². The maximum Gasteiger partial charge on any atom is 0.312 e. The first-order valence-electron chi connectivity index (χ1n) is 10.2. The molecule has 3 rings (SSSR count). The van der Waals surface area contributed by atoms with Crippen LogP contribution in [-0.4, -0.2) is 36.4 Å². The lowest BCUT2D eigenvalue weighted by Gasteiger charge is -2.46. The van der Waals surface area contributed by atoms with Gasteiger partial charge >= 0.3 is 11.9 Å². The van der Waals surface area contributed by atoms with Gasteiger partial charge in [-0.05, 0) is 43.9 Å². The van der Waals surface area contributed by atoms with E-state index in [0.29, 0.717) is 12.3 Å². The largest absolute Gasteiger partial charge is 0.455 e. The molecule has 3 saturated heterocycles. The first-order valence-corrected chi connectivity index (χ1v) is 10.2. The van der Waals surface area contributed by atoms with Gasteiger partial charge in [-0.25, -0.2) is 0 Å². The molecule has 148 valence electrons. The summed E-state index contributed by atoms with van der Waals surface area (Å²) in [4.78, 5) is 25.4. The maximum absolute atomic E-state index is 13.5. The molecule has 2 bridgehead atoms. The van der Waals surface area contributed by atoms with Crippen LogP contribution in [0.25, 0.3) is 0 Å². The van der Waals surface area contributed by atoms with Crippen LogP contribution < -0.4 is 0 Å². The number of fused-ring (bicyclic) bond motifs is 1. The number of ether oxygens (including phenoxy) is 3. The minimum atomic E-state index is -0.574. The molecule has 0 aliphatic carbocycles. The normalized spacial score (nSPS) is 36.7. The van der Waals surface area contributed by atoms with Crippen LogP contribution in [0.1, 0.15) is 73.6 Å². The third-order valence-corrected chi connectivity index (χ3v) is 7.21. The Hall–Kier alpha value is -1.10.